The maximum atomic E-state index is 12.5. The number of nitrogens with zero attached hydrogens (tertiary/aromatic N) is 2. The maximum Gasteiger partial charge on any atom is 0.306 e. The van der Waals surface area contributed by atoms with Crippen LogP contribution in [-0.4, -0.2) is 59.4 Å². The van der Waals surface area contributed by atoms with Crippen molar-refractivity contribution in [2.45, 2.75) is 25.7 Å². The Hall–Kier alpha value is -1.60. The van der Waals surface area contributed by atoms with Gasteiger partial charge in [-0.15, -0.1) is 11.3 Å². The molecule has 1 aliphatic heterocycles. The lowest BCUT2D eigenvalue weighted by atomic mass is 9.97. The quantitative estimate of drug-likeness (QED) is 0.860. The highest BCUT2D eigenvalue weighted by Gasteiger charge is 2.29. The van der Waals surface area contributed by atoms with Crippen molar-refractivity contribution < 1.29 is 19.5 Å². The van der Waals surface area contributed by atoms with Gasteiger partial charge in [-0.1, -0.05) is 11.6 Å². The zero-order chi connectivity index (χ0) is 17.9. The van der Waals surface area contributed by atoms with E-state index in [2.05, 4.69) is 0 Å². The highest BCUT2D eigenvalue weighted by molar-refractivity contribution is 7.16. The van der Waals surface area contributed by atoms with Crippen molar-refractivity contribution in [2.75, 3.05) is 26.7 Å². The molecule has 0 bridgehead atoms. The van der Waals surface area contributed by atoms with Gasteiger partial charge in [0, 0.05) is 25.0 Å². The summed E-state index contributed by atoms with van der Waals surface area (Å²) in [5, 5.41) is 8.99. The third kappa shape index (κ3) is 4.48. The van der Waals surface area contributed by atoms with E-state index in [4.69, 9.17) is 16.7 Å². The average molecular weight is 373 g/mol. The third-order valence-electron chi connectivity index (χ3n) is 4.34. The number of carbonyl (C=O) groups excluding carboxylic acids is 2. The van der Waals surface area contributed by atoms with Gasteiger partial charge in [-0.05, 0) is 31.9 Å². The Balaban J connectivity index is 1.87. The topological polar surface area (TPSA) is 77.9 Å². The fraction of sp³-hybridized carbons (Fsp3) is 0.562. The molecule has 0 aliphatic carbocycles. The van der Waals surface area contributed by atoms with Crippen LogP contribution < -0.4 is 0 Å². The van der Waals surface area contributed by atoms with Crippen molar-refractivity contribution in [1.82, 2.24) is 9.80 Å². The molecule has 2 rings (SSSR count). The van der Waals surface area contributed by atoms with Crippen molar-refractivity contribution in [1.29, 1.82) is 0 Å². The molecular weight excluding hydrogens is 352 g/mol. The van der Waals surface area contributed by atoms with E-state index in [1.165, 1.54) is 16.2 Å². The summed E-state index contributed by atoms with van der Waals surface area (Å²) in [5.74, 6) is -1.82. The zero-order valence-electron chi connectivity index (χ0n) is 13.7. The standard InChI is InChI=1S/C16H21ClN2O4S/c1-10(12-3-4-13(17)24-12)15(21)18(2)9-14(20)19-7-5-11(6-8-19)16(22)23/h3-4,10-11H,5-9H2,1-2H3,(H,22,23). The van der Waals surface area contributed by atoms with Crippen LogP contribution in [0.2, 0.25) is 4.34 Å². The summed E-state index contributed by atoms with van der Waals surface area (Å²) in [6.07, 6.45) is 0.922. The van der Waals surface area contributed by atoms with Crippen LogP contribution in [0.4, 0.5) is 0 Å². The molecular formula is C16H21ClN2O4S. The Morgan fingerprint density at radius 3 is 2.50 bits per heavy atom. The molecule has 1 aliphatic rings. The van der Waals surface area contributed by atoms with Gasteiger partial charge >= 0.3 is 5.97 Å². The first-order valence-corrected chi connectivity index (χ1v) is 8.99. The van der Waals surface area contributed by atoms with Gasteiger partial charge in [-0.3, -0.25) is 14.4 Å². The number of likely N-dealkylation sites (tertiary alicyclic amines) is 1. The zero-order valence-corrected chi connectivity index (χ0v) is 15.3. The van der Waals surface area contributed by atoms with E-state index in [-0.39, 0.29) is 30.2 Å². The molecule has 0 saturated carbocycles. The number of aliphatic carboxylic acids is 1. The summed E-state index contributed by atoms with van der Waals surface area (Å²) >= 11 is 7.26. The molecule has 1 aromatic rings. The van der Waals surface area contributed by atoms with Gasteiger partial charge in [0.2, 0.25) is 11.8 Å². The number of amides is 2. The lowest BCUT2D eigenvalue weighted by Crippen LogP contribution is -2.46. The summed E-state index contributed by atoms with van der Waals surface area (Å²) in [5.41, 5.74) is 0. The van der Waals surface area contributed by atoms with Crippen LogP contribution in [0.15, 0.2) is 12.1 Å². The van der Waals surface area contributed by atoms with E-state index in [0.717, 1.165) is 4.88 Å². The van der Waals surface area contributed by atoms with Crippen LogP contribution in [-0.2, 0) is 14.4 Å². The smallest absolute Gasteiger partial charge is 0.306 e. The van der Waals surface area contributed by atoms with E-state index in [1.54, 1.807) is 24.9 Å². The normalized spacial score (nSPS) is 16.7. The van der Waals surface area contributed by atoms with Crippen LogP contribution in [0.5, 0.6) is 0 Å². The Bertz CT molecular complexity index is 625. The van der Waals surface area contributed by atoms with E-state index >= 15 is 0 Å². The number of halogens is 1. The predicted molar refractivity (Wildman–Crippen MR) is 92.3 cm³/mol. The molecule has 2 heterocycles. The summed E-state index contributed by atoms with van der Waals surface area (Å²) in [7, 11) is 1.61. The van der Waals surface area contributed by atoms with Gasteiger partial charge in [-0.25, -0.2) is 0 Å². The largest absolute Gasteiger partial charge is 0.481 e. The summed E-state index contributed by atoms with van der Waals surface area (Å²) in [6, 6.07) is 3.57. The van der Waals surface area contributed by atoms with Gasteiger partial charge in [0.15, 0.2) is 0 Å². The molecule has 1 aromatic heterocycles. The average Bonchev–Trinajstić information content (AvgIpc) is 2.99. The number of hydrogen-bond acceptors (Lipinski definition) is 4. The van der Waals surface area contributed by atoms with Crippen molar-refractivity contribution in [3.63, 3.8) is 0 Å². The number of hydrogen-bond donors (Lipinski definition) is 1. The van der Waals surface area contributed by atoms with Crippen molar-refractivity contribution in [3.8, 4) is 0 Å². The number of likely N-dealkylation sites (N-methyl/N-ethyl adjacent to an activating group) is 1. The minimum atomic E-state index is -0.808. The Kier molecular flexibility index (Phi) is 6.23. The van der Waals surface area contributed by atoms with Crippen LogP contribution in [0, 0.1) is 5.92 Å². The molecule has 8 heteroatoms. The van der Waals surface area contributed by atoms with Crippen LogP contribution in [0.1, 0.15) is 30.6 Å². The third-order valence-corrected chi connectivity index (χ3v) is 5.75. The highest BCUT2D eigenvalue weighted by Crippen LogP contribution is 2.29. The van der Waals surface area contributed by atoms with Gasteiger partial charge in [0.25, 0.3) is 0 Å². The predicted octanol–water partition coefficient (Wildman–Crippen LogP) is 2.29. The number of rotatable bonds is 5. The van der Waals surface area contributed by atoms with Crippen molar-refractivity contribution in [2.24, 2.45) is 5.92 Å². The molecule has 0 radical (unpaired) electrons. The molecule has 24 heavy (non-hydrogen) atoms. The highest BCUT2D eigenvalue weighted by atomic mass is 35.5. The maximum absolute atomic E-state index is 12.5. The molecule has 1 fully saturated rings. The van der Waals surface area contributed by atoms with E-state index in [1.807, 2.05) is 6.07 Å². The Morgan fingerprint density at radius 1 is 1.38 bits per heavy atom. The molecule has 6 nitrogen and oxygen atoms in total. The fourth-order valence-corrected chi connectivity index (χ4v) is 3.88. The Morgan fingerprint density at radius 2 is 2.00 bits per heavy atom. The van der Waals surface area contributed by atoms with Gasteiger partial charge in [0.1, 0.15) is 0 Å². The molecule has 1 unspecified atom stereocenters. The van der Waals surface area contributed by atoms with Gasteiger partial charge < -0.3 is 14.9 Å². The molecule has 0 spiro atoms. The molecule has 132 valence electrons. The van der Waals surface area contributed by atoms with Gasteiger partial charge in [0.05, 0.1) is 22.7 Å². The second-order valence-corrected chi connectivity index (χ2v) is 7.80. The van der Waals surface area contributed by atoms with Crippen LogP contribution in [0.3, 0.4) is 0 Å². The van der Waals surface area contributed by atoms with Crippen LogP contribution in [0.25, 0.3) is 0 Å². The molecule has 1 saturated heterocycles. The number of carboxylic acid groups (broad SMARTS) is 1. The van der Waals surface area contributed by atoms with Gasteiger partial charge in [-0.2, -0.15) is 0 Å². The minimum Gasteiger partial charge on any atom is -0.481 e. The number of carbonyl (C=O) groups is 3. The van der Waals surface area contributed by atoms with E-state index < -0.39 is 5.97 Å². The summed E-state index contributed by atoms with van der Waals surface area (Å²) in [4.78, 5) is 39.6. The van der Waals surface area contributed by atoms with E-state index in [0.29, 0.717) is 30.3 Å². The van der Waals surface area contributed by atoms with E-state index in [9.17, 15) is 14.4 Å². The number of thiophene rings is 1. The monoisotopic (exact) mass is 372 g/mol. The minimum absolute atomic E-state index is 0.0000187. The molecule has 1 atom stereocenters. The second kappa shape index (κ2) is 7.98. The summed E-state index contributed by atoms with van der Waals surface area (Å²) in [6.45, 7) is 2.64. The molecule has 0 aromatic carbocycles. The van der Waals surface area contributed by atoms with Crippen molar-refractivity contribution in [3.05, 3.63) is 21.3 Å². The first-order valence-electron chi connectivity index (χ1n) is 7.80. The fourth-order valence-electron chi connectivity index (χ4n) is 2.77. The molecule has 2 amide bonds. The Labute approximate surface area is 150 Å². The van der Waals surface area contributed by atoms with Crippen LogP contribution >= 0.6 is 22.9 Å². The lowest BCUT2D eigenvalue weighted by molar-refractivity contribution is -0.146. The summed E-state index contributed by atoms with van der Waals surface area (Å²) < 4.78 is 0.629. The second-order valence-electron chi connectivity index (χ2n) is 6.05. The lowest BCUT2D eigenvalue weighted by Gasteiger charge is -2.31. The molecule has 1 N–H and O–H groups in total. The SMILES string of the molecule is CC(C(=O)N(C)CC(=O)N1CCC(C(=O)O)CC1)c1ccc(Cl)s1. The first-order chi connectivity index (χ1) is 11.3. The number of piperidine rings is 1. The van der Waals surface area contributed by atoms with Crippen molar-refractivity contribution >= 4 is 40.7 Å². The first kappa shape index (κ1) is 18.7. The number of carboxylic acids is 1.